The van der Waals surface area contributed by atoms with Crippen molar-refractivity contribution in [3.05, 3.63) is 53.9 Å². The topological polar surface area (TPSA) is 51.7 Å². The lowest BCUT2D eigenvalue weighted by Gasteiger charge is -2.35. The molecule has 0 unspecified atom stereocenters. The first kappa shape index (κ1) is 16.9. The fourth-order valence-corrected chi connectivity index (χ4v) is 4.04. The fraction of sp³-hybridized carbons (Fsp3) is 0.429. The van der Waals surface area contributed by atoms with Crippen LogP contribution in [0.15, 0.2) is 42.7 Å². The molecule has 1 saturated heterocycles. The highest BCUT2D eigenvalue weighted by atomic mass is 16.5. The van der Waals surface area contributed by atoms with Crippen LogP contribution in [-0.4, -0.2) is 42.6 Å². The number of piperidine rings is 1. The standard InChI is InChI=1S/C21H24N2O3/c1-25-19-4-2-3-17-13-18(14-26-20(17)19)21(24)23-11-7-16(8-12-23)15-5-9-22-10-6-15/h2-6,9-10,16,18H,7-8,11-14H2,1H3/t18-/m0/s1. The van der Waals surface area contributed by atoms with Crippen molar-refractivity contribution in [2.24, 2.45) is 5.92 Å². The molecule has 1 aromatic carbocycles. The quantitative estimate of drug-likeness (QED) is 0.852. The van der Waals surface area contributed by atoms with Crippen molar-refractivity contribution in [2.75, 3.05) is 26.8 Å². The van der Waals surface area contributed by atoms with Gasteiger partial charge in [-0.05, 0) is 54.5 Å². The number of para-hydroxylation sites is 1. The van der Waals surface area contributed by atoms with Gasteiger partial charge in [0.2, 0.25) is 5.91 Å². The maximum atomic E-state index is 13.0. The average Bonchev–Trinajstić information content (AvgIpc) is 2.73. The Morgan fingerprint density at radius 2 is 1.96 bits per heavy atom. The molecule has 0 N–H and O–H groups in total. The number of carbonyl (C=O) groups is 1. The van der Waals surface area contributed by atoms with Gasteiger partial charge in [0.05, 0.1) is 13.0 Å². The second-order valence-electron chi connectivity index (χ2n) is 7.04. The molecule has 0 spiro atoms. The van der Waals surface area contributed by atoms with Crippen molar-refractivity contribution >= 4 is 5.91 Å². The summed E-state index contributed by atoms with van der Waals surface area (Å²) in [5.74, 6) is 2.16. The minimum atomic E-state index is -0.105. The summed E-state index contributed by atoms with van der Waals surface area (Å²) in [6.45, 7) is 2.05. The molecule has 5 heteroatoms. The maximum absolute atomic E-state index is 13.0. The van der Waals surface area contributed by atoms with E-state index in [1.165, 1.54) is 5.56 Å². The van der Waals surface area contributed by atoms with E-state index in [4.69, 9.17) is 9.47 Å². The first-order valence-corrected chi connectivity index (χ1v) is 9.23. The fourth-order valence-electron chi connectivity index (χ4n) is 4.04. The number of fused-ring (bicyclic) bond motifs is 1. The molecule has 4 rings (SSSR count). The van der Waals surface area contributed by atoms with Gasteiger partial charge in [-0.25, -0.2) is 0 Å². The second kappa shape index (κ2) is 7.36. The minimum absolute atomic E-state index is 0.105. The van der Waals surface area contributed by atoms with Crippen LogP contribution in [0.4, 0.5) is 0 Å². The molecule has 2 aliphatic heterocycles. The summed E-state index contributed by atoms with van der Waals surface area (Å²) in [5, 5.41) is 0. The van der Waals surface area contributed by atoms with E-state index in [1.54, 1.807) is 7.11 Å². The third-order valence-corrected chi connectivity index (χ3v) is 5.51. The Morgan fingerprint density at radius 1 is 1.19 bits per heavy atom. The van der Waals surface area contributed by atoms with Crippen LogP contribution in [0.25, 0.3) is 0 Å². The van der Waals surface area contributed by atoms with Crippen molar-refractivity contribution in [3.63, 3.8) is 0 Å². The Hall–Kier alpha value is -2.56. The van der Waals surface area contributed by atoms with E-state index < -0.39 is 0 Å². The molecule has 0 aliphatic carbocycles. The number of amides is 1. The molecule has 136 valence electrons. The summed E-state index contributed by atoms with van der Waals surface area (Å²) in [7, 11) is 1.64. The molecule has 1 atom stereocenters. The van der Waals surface area contributed by atoms with Crippen LogP contribution in [0.1, 0.15) is 29.9 Å². The highest BCUT2D eigenvalue weighted by molar-refractivity contribution is 5.80. The van der Waals surface area contributed by atoms with Crippen molar-refractivity contribution < 1.29 is 14.3 Å². The van der Waals surface area contributed by atoms with E-state index >= 15 is 0 Å². The number of likely N-dealkylation sites (tertiary alicyclic amines) is 1. The van der Waals surface area contributed by atoms with E-state index in [2.05, 4.69) is 17.1 Å². The van der Waals surface area contributed by atoms with Gasteiger partial charge in [-0.1, -0.05) is 12.1 Å². The minimum Gasteiger partial charge on any atom is -0.493 e. The number of nitrogens with zero attached hydrogens (tertiary/aromatic N) is 2. The number of aromatic nitrogens is 1. The van der Waals surface area contributed by atoms with Crippen LogP contribution < -0.4 is 9.47 Å². The zero-order valence-corrected chi connectivity index (χ0v) is 15.1. The monoisotopic (exact) mass is 352 g/mol. The van der Waals surface area contributed by atoms with E-state index in [0.717, 1.165) is 49.4 Å². The summed E-state index contributed by atoms with van der Waals surface area (Å²) >= 11 is 0. The molecule has 1 fully saturated rings. The average molecular weight is 352 g/mol. The Balaban J connectivity index is 1.38. The molecule has 0 bridgehead atoms. The molecule has 1 amide bonds. The summed E-state index contributed by atoms with van der Waals surface area (Å²) in [5.41, 5.74) is 2.38. The summed E-state index contributed by atoms with van der Waals surface area (Å²) in [6, 6.07) is 10.0. The first-order chi connectivity index (χ1) is 12.8. The molecular weight excluding hydrogens is 328 g/mol. The first-order valence-electron chi connectivity index (χ1n) is 9.23. The van der Waals surface area contributed by atoms with E-state index in [0.29, 0.717) is 12.5 Å². The Labute approximate surface area is 153 Å². The maximum Gasteiger partial charge on any atom is 0.229 e. The number of rotatable bonds is 3. The molecule has 3 heterocycles. The smallest absolute Gasteiger partial charge is 0.229 e. The Morgan fingerprint density at radius 3 is 2.69 bits per heavy atom. The molecule has 2 aromatic rings. The zero-order chi connectivity index (χ0) is 17.9. The number of methoxy groups -OCH3 is 1. The SMILES string of the molecule is COc1cccc2c1OC[C@@H](C(=O)N1CCC(c3ccncc3)CC1)C2. The van der Waals surface area contributed by atoms with Crippen LogP contribution in [0.5, 0.6) is 11.5 Å². The Kier molecular flexibility index (Phi) is 4.78. The van der Waals surface area contributed by atoms with Gasteiger partial charge >= 0.3 is 0 Å². The predicted octanol–water partition coefficient (Wildman–Crippen LogP) is 3.05. The second-order valence-corrected chi connectivity index (χ2v) is 7.04. The number of benzene rings is 1. The largest absolute Gasteiger partial charge is 0.493 e. The van der Waals surface area contributed by atoms with Crippen molar-refractivity contribution in [2.45, 2.75) is 25.2 Å². The van der Waals surface area contributed by atoms with E-state index in [1.807, 2.05) is 35.5 Å². The molecule has 0 saturated carbocycles. The lowest BCUT2D eigenvalue weighted by molar-refractivity contribution is -0.138. The molecule has 5 nitrogen and oxygen atoms in total. The van der Waals surface area contributed by atoms with Gasteiger partial charge in [-0.15, -0.1) is 0 Å². The zero-order valence-electron chi connectivity index (χ0n) is 15.1. The van der Waals surface area contributed by atoms with Gasteiger partial charge in [0, 0.05) is 25.5 Å². The number of ether oxygens (including phenoxy) is 2. The van der Waals surface area contributed by atoms with Crippen molar-refractivity contribution in [1.29, 1.82) is 0 Å². The number of hydrogen-bond acceptors (Lipinski definition) is 4. The van der Waals surface area contributed by atoms with Crippen LogP contribution in [0.2, 0.25) is 0 Å². The molecular formula is C21H24N2O3. The lowest BCUT2D eigenvalue weighted by Crippen LogP contribution is -2.44. The van der Waals surface area contributed by atoms with Gasteiger partial charge in [0.15, 0.2) is 11.5 Å². The molecule has 2 aliphatic rings. The van der Waals surface area contributed by atoms with Gasteiger partial charge < -0.3 is 14.4 Å². The van der Waals surface area contributed by atoms with Crippen LogP contribution in [0.3, 0.4) is 0 Å². The summed E-state index contributed by atoms with van der Waals surface area (Å²) in [4.78, 5) is 19.1. The summed E-state index contributed by atoms with van der Waals surface area (Å²) in [6.07, 6.45) is 6.42. The van der Waals surface area contributed by atoms with Gasteiger partial charge in [0.25, 0.3) is 0 Å². The molecule has 26 heavy (non-hydrogen) atoms. The molecule has 1 aromatic heterocycles. The van der Waals surface area contributed by atoms with E-state index in [-0.39, 0.29) is 11.8 Å². The number of carbonyl (C=O) groups excluding carboxylic acids is 1. The van der Waals surface area contributed by atoms with Gasteiger partial charge in [0.1, 0.15) is 6.61 Å². The lowest BCUT2D eigenvalue weighted by atomic mass is 9.88. The van der Waals surface area contributed by atoms with Crippen molar-refractivity contribution in [1.82, 2.24) is 9.88 Å². The van der Waals surface area contributed by atoms with Crippen LogP contribution in [0, 0.1) is 5.92 Å². The number of pyridine rings is 1. The van der Waals surface area contributed by atoms with Crippen LogP contribution in [-0.2, 0) is 11.2 Å². The van der Waals surface area contributed by atoms with Gasteiger partial charge in [-0.3, -0.25) is 9.78 Å². The molecule has 0 radical (unpaired) electrons. The highest BCUT2D eigenvalue weighted by Gasteiger charge is 2.32. The summed E-state index contributed by atoms with van der Waals surface area (Å²) < 4.78 is 11.2. The third-order valence-electron chi connectivity index (χ3n) is 5.51. The van der Waals surface area contributed by atoms with E-state index in [9.17, 15) is 4.79 Å². The van der Waals surface area contributed by atoms with Crippen LogP contribution >= 0.6 is 0 Å². The van der Waals surface area contributed by atoms with Crippen molar-refractivity contribution in [3.8, 4) is 11.5 Å². The van der Waals surface area contributed by atoms with Gasteiger partial charge in [-0.2, -0.15) is 0 Å². The number of hydrogen-bond donors (Lipinski definition) is 0. The normalized spacial score (nSPS) is 20.2. The highest BCUT2D eigenvalue weighted by Crippen LogP contribution is 2.37. The Bertz CT molecular complexity index is 770. The third kappa shape index (κ3) is 3.26. The predicted molar refractivity (Wildman–Crippen MR) is 98.5 cm³/mol.